The minimum Gasteiger partial charge on any atom is -0.467 e. The van der Waals surface area contributed by atoms with Crippen molar-refractivity contribution in [3.05, 3.63) is 0 Å². The Labute approximate surface area is 101 Å². The number of nitrogens with zero attached hydrogens (tertiary/aromatic N) is 4. The Morgan fingerprint density at radius 3 is 2.18 bits per heavy atom. The average Bonchev–Trinajstić information content (AvgIpc) is 2.38. The van der Waals surface area contributed by atoms with Crippen molar-refractivity contribution in [2.45, 2.75) is 6.92 Å². The molecule has 17 heavy (non-hydrogen) atoms. The molecule has 0 aliphatic heterocycles. The van der Waals surface area contributed by atoms with Crippen LogP contribution in [0.15, 0.2) is 0 Å². The van der Waals surface area contributed by atoms with Crippen LogP contribution >= 0.6 is 0 Å². The van der Waals surface area contributed by atoms with Crippen LogP contribution in [0, 0.1) is 0 Å². The van der Waals surface area contributed by atoms with Crippen molar-refractivity contribution in [3.63, 3.8) is 0 Å². The monoisotopic (exact) mass is 241 g/mol. The van der Waals surface area contributed by atoms with E-state index < -0.39 is 0 Å². The highest BCUT2D eigenvalue weighted by molar-refractivity contribution is 5.30. The summed E-state index contributed by atoms with van der Waals surface area (Å²) in [5.74, 6) is 0.534. The van der Waals surface area contributed by atoms with Gasteiger partial charge in [-0.25, -0.2) is 0 Å². The second-order valence-electron chi connectivity index (χ2n) is 3.38. The first-order chi connectivity index (χ1) is 8.21. The van der Waals surface area contributed by atoms with Gasteiger partial charge in [-0.2, -0.15) is 9.97 Å². The van der Waals surface area contributed by atoms with Gasteiger partial charge in [0.1, 0.15) is 0 Å². The van der Waals surface area contributed by atoms with Gasteiger partial charge >= 0.3 is 12.0 Å². The van der Waals surface area contributed by atoms with E-state index in [1.807, 2.05) is 11.9 Å². The third kappa shape index (κ3) is 4.03. The van der Waals surface area contributed by atoms with Crippen molar-refractivity contribution in [1.29, 1.82) is 0 Å². The molecule has 1 rings (SSSR count). The van der Waals surface area contributed by atoms with E-state index in [0.29, 0.717) is 5.95 Å². The Hall–Kier alpha value is -1.63. The molecule has 0 amide bonds. The first-order valence-electron chi connectivity index (χ1n) is 5.47. The maximum atomic E-state index is 4.99. The van der Waals surface area contributed by atoms with Gasteiger partial charge in [-0.1, -0.05) is 6.92 Å². The molecule has 0 aliphatic carbocycles. The molecule has 0 saturated carbocycles. The van der Waals surface area contributed by atoms with Gasteiger partial charge in [0, 0.05) is 20.1 Å². The van der Waals surface area contributed by atoms with Crippen LogP contribution in [-0.2, 0) is 0 Å². The number of hydrogen-bond acceptors (Lipinski definition) is 7. The van der Waals surface area contributed by atoms with E-state index in [1.165, 1.54) is 14.2 Å². The summed E-state index contributed by atoms with van der Waals surface area (Å²) in [5.41, 5.74) is 0. The first-order valence-corrected chi connectivity index (χ1v) is 5.47. The molecule has 7 heteroatoms. The lowest BCUT2D eigenvalue weighted by Gasteiger charge is -2.17. The smallest absolute Gasteiger partial charge is 0.324 e. The van der Waals surface area contributed by atoms with E-state index in [4.69, 9.17) is 9.47 Å². The van der Waals surface area contributed by atoms with E-state index in [-0.39, 0.29) is 12.0 Å². The van der Waals surface area contributed by atoms with E-state index >= 15 is 0 Å². The fraction of sp³-hybridized carbons (Fsp3) is 0.700. The molecule has 1 aromatic heterocycles. The standard InChI is InChI=1S/C10H19N5O2/c1-5-11-6-7-15(2)8-12-9(16-3)14-10(13-8)17-4/h11H,5-7H2,1-4H3. The largest absolute Gasteiger partial charge is 0.467 e. The number of likely N-dealkylation sites (N-methyl/N-ethyl adjacent to an activating group) is 2. The van der Waals surface area contributed by atoms with Gasteiger partial charge in [-0.15, -0.1) is 4.98 Å². The van der Waals surface area contributed by atoms with Crippen LogP contribution in [0.3, 0.4) is 0 Å². The minimum absolute atomic E-state index is 0.252. The summed E-state index contributed by atoms with van der Waals surface area (Å²) in [6.07, 6.45) is 0. The summed E-state index contributed by atoms with van der Waals surface area (Å²) < 4.78 is 9.98. The van der Waals surface area contributed by atoms with Crippen molar-refractivity contribution in [3.8, 4) is 12.0 Å². The highest BCUT2D eigenvalue weighted by Crippen LogP contribution is 2.14. The summed E-state index contributed by atoms with van der Waals surface area (Å²) in [7, 11) is 4.93. The summed E-state index contributed by atoms with van der Waals surface area (Å²) in [4.78, 5) is 14.2. The molecular weight excluding hydrogens is 222 g/mol. The van der Waals surface area contributed by atoms with Crippen LogP contribution in [0.5, 0.6) is 12.0 Å². The number of anilines is 1. The molecule has 0 bridgehead atoms. The Bertz CT molecular complexity index is 325. The van der Waals surface area contributed by atoms with E-state index in [9.17, 15) is 0 Å². The van der Waals surface area contributed by atoms with Crippen molar-refractivity contribution in [2.24, 2.45) is 0 Å². The quantitative estimate of drug-likeness (QED) is 0.670. The van der Waals surface area contributed by atoms with Gasteiger partial charge in [-0.3, -0.25) is 0 Å². The van der Waals surface area contributed by atoms with Gasteiger partial charge in [-0.05, 0) is 6.54 Å². The maximum absolute atomic E-state index is 4.99. The average molecular weight is 241 g/mol. The van der Waals surface area contributed by atoms with Gasteiger partial charge in [0.15, 0.2) is 0 Å². The zero-order chi connectivity index (χ0) is 12.7. The molecule has 0 fully saturated rings. The second kappa shape index (κ2) is 6.85. The summed E-state index contributed by atoms with van der Waals surface area (Å²) in [5, 5.41) is 3.23. The topological polar surface area (TPSA) is 72.4 Å². The van der Waals surface area contributed by atoms with Gasteiger partial charge in [0.05, 0.1) is 14.2 Å². The van der Waals surface area contributed by atoms with Crippen LogP contribution in [0.25, 0.3) is 0 Å². The Morgan fingerprint density at radius 2 is 1.71 bits per heavy atom. The molecule has 96 valence electrons. The third-order valence-corrected chi connectivity index (χ3v) is 2.16. The number of hydrogen-bond donors (Lipinski definition) is 1. The van der Waals surface area contributed by atoms with Crippen molar-refractivity contribution < 1.29 is 9.47 Å². The van der Waals surface area contributed by atoms with E-state index in [2.05, 4.69) is 27.2 Å². The number of rotatable bonds is 7. The van der Waals surface area contributed by atoms with E-state index in [0.717, 1.165) is 19.6 Å². The Balaban J connectivity index is 2.73. The fourth-order valence-corrected chi connectivity index (χ4v) is 1.20. The fourth-order valence-electron chi connectivity index (χ4n) is 1.20. The molecular formula is C10H19N5O2. The summed E-state index contributed by atoms with van der Waals surface area (Å²) in [6, 6.07) is 0.504. The lowest BCUT2D eigenvalue weighted by atomic mass is 10.5. The zero-order valence-electron chi connectivity index (χ0n) is 10.7. The van der Waals surface area contributed by atoms with Crippen LogP contribution in [0.2, 0.25) is 0 Å². The molecule has 0 radical (unpaired) electrons. The predicted octanol–water partition coefficient (Wildman–Crippen LogP) is -0.0655. The first kappa shape index (κ1) is 13.4. The van der Waals surface area contributed by atoms with E-state index in [1.54, 1.807) is 0 Å². The minimum atomic E-state index is 0.252. The predicted molar refractivity (Wildman–Crippen MR) is 64.7 cm³/mol. The molecule has 1 aromatic rings. The number of ether oxygens (including phenoxy) is 2. The van der Waals surface area contributed by atoms with Gasteiger partial charge in [0.2, 0.25) is 5.95 Å². The van der Waals surface area contributed by atoms with Gasteiger partial charge < -0.3 is 19.7 Å². The zero-order valence-corrected chi connectivity index (χ0v) is 10.7. The second-order valence-corrected chi connectivity index (χ2v) is 3.38. The van der Waals surface area contributed by atoms with Gasteiger partial charge in [0.25, 0.3) is 0 Å². The van der Waals surface area contributed by atoms with Crippen LogP contribution in [0.4, 0.5) is 5.95 Å². The molecule has 1 heterocycles. The molecule has 7 nitrogen and oxygen atoms in total. The molecule has 0 atom stereocenters. The molecule has 0 unspecified atom stereocenters. The molecule has 0 aliphatic rings. The molecule has 0 aromatic carbocycles. The lowest BCUT2D eigenvalue weighted by molar-refractivity contribution is 0.340. The Morgan fingerprint density at radius 1 is 1.12 bits per heavy atom. The lowest BCUT2D eigenvalue weighted by Crippen LogP contribution is -2.30. The molecule has 1 N–H and O–H groups in total. The van der Waals surface area contributed by atoms with Crippen molar-refractivity contribution in [1.82, 2.24) is 20.3 Å². The van der Waals surface area contributed by atoms with Crippen LogP contribution in [-0.4, -0.2) is 55.9 Å². The highest BCUT2D eigenvalue weighted by atomic mass is 16.5. The normalized spacial score (nSPS) is 10.1. The Kier molecular flexibility index (Phi) is 5.41. The van der Waals surface area contributed by atoms with Crippen molar-refractivity contribution in [2.75, 3.05) is 45.8 Å². The highest BCUT2D eigenvalue weighted by Gasteiger charge is 2.10. The third-order valence-electron chi connectivity index (χ3n) is 2.16. The van der Waals surface area contributed by atoms with Crippen molar-refractivity contribution >= 4 is 5.95 Å². The number of aromatic nitrogens is 3. The number of methoxy groups -OCH3 is 2. The summed E-state index contributed by atoms with van der Waals surface area (Å²) in [6.45, 7) is 4.67. The summed E-state index contributed by atoms with van der Waals surface area (Å²) >= 11 is 0. The SMILES string of the molecule is CCNCCN(C)c1nc(OC)nc(OC)n1. The number of nitrogens with one attached hydrogen (secondary N) is 1. The molecule has 0 saturated heterocycles. The van der Waals surface area contributed by atoms with Crippen LogP contribution in [0.1, 0.15) is 6.92 Å². The molecule has 0 spiro atoms. The maximum Gasteiger partial charge on any atom is 0.324 e. The van der Waals surface area contributed by atoms with Crippen LogP contribution < -0.4 is 19.7 Å².